The summed E-state index contributed by atoms with van der Waals surface area (Å²) in [6.45, 7) is 2.74. The van der Waals surface area contributed by atoms with Gasteiger partial charge in [-0.2, -0.15) is 0 Å². The third-order valence-corrected chi connectivity index (χ3v) is 8.84. The zero-order valence-electron chi connectivity index (χ0n) is 18.3. The van der Waals surface area contributed by atoms with Gasteiger partial charge in [0.05, 0.1) is 19.3 Å². The normalized spacial score (nSPS) is 35.5. The summed E-state index contributed by atoms with van der Waals surface area (Å²) in [5.74, 6) is 1.49. The number of rotatable bonds is 5. The Bertz CT molecular complexity index is 994. The van der Waals surface area contributed by atoms with Crippen molar-refractivity contribution in [1.29, 1.82) is 0 Å². The molecule has 2 aliphatic carbocycles. The number of nitrogens with zero attached hydrogens (tertiary/aromatic N) is 1. The molecule has 0 amide bonds. The van der Waals surface area contributed by atoms with E-state index >= 15 is 0 Å². The summed E-state index contributed by atoms with van der Waals surface area (Å²) in [6.07, 6.45) is 3.08. The SMILES string of the molecule is COC1COc2c(O)ccc3c2C24CCN(C)C(C3)C2CC14COCc1ccccc1. The molecule has 164 valence electrons. The van der Waals surface area contributed by atoms with Crippen LogP contribution in [0.1, 0.15) is 29.5 Å². The van der Waals surface area contributed by atoms with E-state index in [4.69, 9.17) is 14.2 Å². The van der Waals surface area contributed by atoms with Gasteiger partial charge in [0.1, 0.15) is 6.61 Å². The number of ether oxygens (including phenoxy) is 3. The van der Waals surface area contributed by atoms with Crippen molar-refractivity contribution in [2.45, 2.75) is 43.4 Å². The first-order valence-electron chi connectivity index (χ1n) is 11.4. The molecule has 4 aliphatic rings. The summed E-state index contributed by atoms with van der Waals surface area (Å²) in [7, 11) is 4.06. The number of likely N-dealkylation sites (tertiary alicyclic amines) is 1. The lowest BCUT2D eigenvalue weighted by atomic mass is 9.34. The molecular weight excluding hydrogens is 390 g/mol. The standard InChI is InChI=1S/C26H31NO4/c1-27-11-10-26-19-13-25(26,16-30-14-17-6-4-3-5-7-17)22(29-2)15-31-24-21(28)9-8-18(23(24)26)12-20(19)27/h3-9,19-20,22,28H,10-16H2,1-2H3. The monoisotopic (exact) mass is 421 g/mol. The van der Waals surface area contributed by atoms with E-state index in [0.717, 1.165) is 25.8 Å². The van der Waals surface area contributed by atoms with Gasteiger partial charge in [-0.1, -0.05) is 36.4 Å². The van der Waals surface area contributed by atoms with Crippen LogP contribution in [0.3, 0.4) is 0 Å². The average Bonchev–Trinajstić information content (AvgIpc) is 2.86. The molecular formula is C26H31NO4. The van der Waals surface area contributed by atoms with Crippen molar-refractivity contribution in [1.82, 2.24) is 4.90 Å². The summed E-state index contributed by atoms with van der Waals surface area (Å²) < 4.78 is 18.8. The molecule has 2 aliphatic heterocycles. The van der Waals surface area contributed by atoms with Crippen LogP contribution < -0.4 is 4.74 Å². The topological polar surface area (TPSA) is 51.2 Å². The molecule has 31 heavy (non-hydrogen) atoms. The molecule has 2 aromatic rings. The fourth-order valence-corrected chi connectivity index (χ4v) is 7.45. The minimum atomic E-state index is -0.144. The Labute approximate surface area is 183 Å². The van der Waals surface area contributed by atoms with E-state index < -0.39 is 0 Å². The van der Waals surface area contributed by atoms with Crippen molar-refractivity contribution >= 4 is 0 Å². The van der Waals surface area contributed by atoms with E-state index in [1.807, 2.05) is 6.07 Å². The fourth-order valence-electron chi connectivity index (χ4n) is 7.45. The first kappa shape index (κ1) is 19.6. The van der Waals surface area contributed by atoms with E-state index in [1.54, 1.807) is 13.2 Å². The van der Waals surface area contributed by atoms with Gasteiger partial charge in [0.15, 0.2) is 11.5 Å². The summed E-state index contributed by atoms with van der Waals surface area (Å²) in [5.41, 5.74) is 3.55. The maximum absolute atomic E-state index is 10.8. The quantitative estimate of drug-likeness (QED) is 0.801. The summed E-state index contributed by atoms with van der Waals surface area (Å²) in [5, 5.41) is 10.8. The van der Waals surface area contributed by atoms with Gasteiger partial charge in [0.2, 0.25) is 0 Å². The van der Waals surface area contributed by atoms with E-state index in [0.29, 0.717) is 37.5 Å². The molecule has 0 aromatic heterocycles. The van der Waals surface area contributed by atoms with Crippen molar-refractivity contribution in [3.8, 4) is 11.5 Å². The third-order valence-electron chi connectivity index (χ3n) is 8.84. The third kappa shape index (κ3) is 2.48. The minimum absolute atomic E-state index is 0.0682. The molecule has 6 rings (SSSR count). The molecule has 5 nitrogen and oxygen atoms in total. The number of likely N-dealkylation sites (N-methyl/N-ethyl adjacent to an activating group) is 1. The first-order valence-corrected chi connectivity index (χ1v) is 11.4. The molecule has 1 spiro atoms. The van der Waals surface area contributed by atoms with Gasteiger partial charge in [0.25, 0.3) is 0 Å². The lowest BCUT2D eigenvalue weighted by Gasteiger charge is -2.72. The average molecular weight is 422 g/mol. The number of piperidine rings is 1. The zero-order chi connectivity index (χ0) is 21.2. The predicted octanol–water partition coefficient (Wildman–Crippen LogP) is 3.52. The lowest BCUT2D eigenvalue weighted by molar-refractivity contribution is -0.235. The highest BCUT2D eigenvalue weighted by atomic mass is 16.5. The molecule has 0 radical (unpaired) electrons. The van der Waals surface area contributed by atoms with Crippen LogP contribution >= 0.6 is 0 Å². The van der Waals surface area contributed by atoms with Gasteiger partial charge in [-0.3, -0.25) is 0 Å². The fraction of sp³-hybridized carbons (Fsp3) is 0.538. The van der Waals surface area contributed by atoms with Gasteiger partial charge in [-0.15, -0.1) is 0 Å². The van der Waals surface area contributed by atoms with E-state index in [2.05, 4.69) is 42.3 Å². The highest BCUT2D eigenvalue weighted by molar-refractivity contribution is 5.60. The van der Waals surface area contributed by atoms with Crippen LogP contribution in [0.4, 0.5) is 0 Å². The van der Waals surface area contributed by atoms with Crippen LogP contribution in [0.15, 0.2) is 42.5 Å². The Morgan fingerprint density at radius 1 is 1.19 bits per heavy atom. The number of methoxy groups -OCH3 is 1. The van der Waals surface area contributed by atoms with Gasteiger partial charge in [-0.25, -0.2) is 0 Å². The van der Waals surface area contributed by atoms with Crippen LogP contribution in [0.25, 0.3) is 0 Å². The number of phenolic OH excluding ortho intramolecular Hbond substituents is 1. The summed E-state index contributed by atoms with van der Waals surface area (Å²) in [4.78, 5) is 2.54. The van der Waals surface area contributed by atoms with Crippen LogP contribution in [-0.2, 0) is 27.9 Å². The second-order valence-corrected chi connectivity index (χ2v) is 9.90. The molecule has 5 unspecified atom stereocenters. The highest BCUT2D eigenvalue weighted by Crippen LogP contribution is 2.73. The Morgan fingerprint density at radius 2 is 2.03 bits per heavy atom. The van der Waals surface area contributed by atoms with Gasteiger partial charge >= 0.3 is 0 Å². The Morgan fingerprint density at radius 3 is 2.84 bits per heavy atom. The first-order chi connectivity index (χ1) is 15.1. The Hall–Kier alpha value is -2.08. The number of hydrogen-bond acceptors (Lipinski definition) is 5. The van der Waals surface area contributed by atoms with Crippen molar-refractivity contribution in [2.75, 3.05) is 33.9 Å². The predicted molar refractivity (Wildman–Crippen MR) is 117 cm³/mol. The largest absolute Gasteiger partial charge is 0.504 e. The molecule has 5 heteroatoms. The van der Waals surface area contributed by atoms with Crippen molar-refractivity contribution < 1.29 is 19.3 Å². The second kappa shape index (κ2) is 6.96. The molecule has 1 saturated heterocycles. The van der Waals surface area contributed by atoms with Gasteiger partial charge < -0.3 is 24.2 Å². The summed E-state index contributed by atoms with van der Waals surface area (Å²) in [6, 6.07) is 14.8. The lowest BCUT2D eigenvalue weighted by Crippen LogP contribution is -2.76. The second-order valence-electron chi connectivity index (χ2n) is 9.90. The van der Waals surface area contributed by atoms with Crippen LogP contribution in [0.5, 0.6) is 11.5 Å². The van der Waals surface area contributed by atoms with Crippen molar-refractivity contribution in [2.24, 2.45) is 11.3 Å². The summed E-state index contributed by atoms with van der Waals surface area (Å²) >= 11 is 0. The molecule has 2 fully saturated rings. The number of aromatic hydroxyl groups is 1. The molecule has 2 aromatic carbocycles. The smallest absolute Gasteiger partial charge is 0.165 e. The highest BCUT2D eigenvalue weighted by Gasteiger charge is 2.75. The van der Waals surface area contributed by atoms with Crippen molar-refractivity contribution in [3.63, 3.8) is 0 Å². The molecule has 2 bridgehead atoms. The molecule has 2 heterocycles. The van der Waals surface area contributed by atoms with Crippen LogP contribution in [0.2, 0.25) is 0 Å². The van der Waals surface area contributed by atoms with E-state index in [1.165, 1.54) is 16.7 Å². The molecule has 1 saturated carbocycles. The number of benzene rings is 2. The van der Waals surface area contributed by atoms with E-state index in [9.17, 15) is 5.11 Å². The van der Waals surface area contributed by atoms with Gasteiger partial charge in [0, 0.05) is 29.5 Å². The molecule has 5 atom stereocenters. The van der Waals surface area contributed by atoms with E-state index in [-0.39, 0.29) is 22.7 Å². The molecule has 1 N–H and O–H groups in total. The minimum Gasteiger partial charge on any atom is -0.504 e. The van der Waals surface area contributed by atoms with Crippen LogP contribution in [-0.4, -0.2) is 56.1 Å². The zero-order valence-corrected chi connectivity index (χ0v) is 18.3. The Kier molecular flexibility index (Phi) is 4.40. The van der Waals surface area contributed by atoms with Gasteiger partial charge in [-0.05, 0) is 56.0 Å². The maximum Gasteiger partial charge on any atom is 0.165 e. The van der Waals surface area contributed by atoms with Crippen LogP contribution in [0, 0.1) is 11.3 Å². The number of hydrogen-bond donors (Lipinski definition) is 1. The Balaban J connectivity index is 1.45. The van der Waals surface area contributed by atoms with Crippen molar-refractivity contribution in [3.05, 3.63) is 59.2 Å². The number of phenols is 1. The maximum atomic E-state index is 10.8.